The van der Waals surface area contributed by atoms with Crippen LogP contribution in [0.15, 0.2) is 55.0 Å². The van der Waals surface area contributed by atoms with Crippen LogP contribution in [0.3, 0.4) is 0 Å². The molecule has 1 aliphatic rings. The third kappa shape index (κ3) is 3.37. The van der Waals surface area contributed by atoms with E-state index >= 15 is 0 Å². The van der Waals surface area contributed by atoms with Gasteiger partial charge in [-0.05, 0) is 35.7 Å². The van der Waals surface area contributed by atoms with E-state index < -0.39 is 5.91 Å². The first-order valence-corrected chi connectivity index (χ1v) is 9.94. The maximum atomic E-state index is 12.8. The van der Waals surface area contributed by atoms with Gasteiger partial charge in [-0.1, -0.05) is 6.07 Å². The lowest BCUT2D eigenvalue weighted by Gasteiger charge is -2.04. The number of carbonyl (C=O) groups excluding carboxylic acids is 2. The van der Waals surface area contributed by atoms with E-state index in [-0.39, 0.29) is 24.3 Å². The highest BCUT2D eigenvalue weighted by Gasteiger charge is 2.18. The molecule has 4 heterocycles. The first kappa shape index (κ1) is 18.8. The fourth-order valence-corrected chi connectivity index (χ4v) is 3.61. The number of carbonyl (C=O) groups is 2. The predicted molar refractivity (Wildman–Crippen MR) is 118 cm³/mol. The van der Waals surface area contributed by atoms with Crippen LogP contribution < -0.4 is 20.1 Å². The molecule has 0 fully saturated rings. The predicted octanol–water partition coefficient (Wildman–Crippen LogP) is 3.07. The van der Waals surface area contributed by atoms with Crippen LogP contribution in [0.25, 0.3) is 21.8 Å². The molecule has 0 atom stereocenters. The summed E-state index contributed by atoms with van der Waals surface area (Å²) in [6.07, 6.45) is 4.74. The van der Waals surface area contributed by atoms with Gasteiger partial charge in [0.1, 0.15) is 11.2 Å². The molecule has 0 spiro atoms. The van der Waals surface area contributed by atoms with E-state index in [1.54, 1.807) is 42.7 Å². The maximum Gasteiger partial charge on any atom is 0.276 e. The van der Waals surface area contributed by atoms with Crippen molar-refractivity contribution in [1.82, 2.24) is 24.9 Å². The number of aromatic amines is 2. The number of fused-ring (bicyclic) bond motifs is 3. The molecule has 0 aliphatic carbocycles. The van der Waals surface area contributed by atoms with Gasteiger partial charge in [-0.15, -0.1) is 0 Å². The number of nitrogens with zero attached hydrogens (tertiary/aromatic N) is 3. The van der Waals surface area contributed by atoms with Crippen molar-refractivity contribution in [2.24, 2.45) is 0 Å². The quantitative estimate of drug-likeness (QED) is 0.335. The molecule has 2 amide bonds. The fourth-order valence-electron chi connectivity index (χ4n) is 3.61. The van der Waals surface area contributed by atoms with Gasteiger partial charge in [0.05, 0.1) is 11.1 Å². The largest absolute Gasteiger partial charge is 0.454 e. The minimum absolute atomic E-state index is 0.167. The number of ether oxygens (including phenoxy) is 2. The standard InChI is InChI=1S/C22H15N7O4/c30-19(28-21-23-4-5-24-21)13-2-1-3-14-18(13)27-22(26-14)29-20(31)15-6-11-7-16-17(33-10-32-16)8-12(11)9-25-15/h1-9H,10H2,(H2,23,24,28,30)(H2,26,27,29,31). The second-order valence-corrected chi connectivity index (χ2v) is 7.26. The van der Waals surface area contributed by atoms with Crippen LogP contribution in [-0.2, 0) is 0 Å². The lowest BCUT2D eigenvalue weighted by atomic mass is 10.1. The second-order valence-electron chi connectivity index (χ2n) is 7.26. The normalized spacial score (nSPS) is 12.2. The average molecular weight is 441 g/mol. The number of imidazole rings is 2. The number of hydrogen-bond acceptors (Lipinski definition) is 7. The van der Waals surface area contributed by atoms with Crippen molar-refractivity contribution in [1.29, 1.82) is 0 Å². The Bertz CT molecular complexity index is 1540. The number of anilines is 2. The van der Waals surface area contributed by atoms with Crippen molar-refractivity contribution in [2.75, 3.05) is 17.4 Å². The number of aromatic nitrogens is 5. The van der Waals surface area contributed by atoms with Gasteiger partial charge in [0.15, 0.2) is 11.5 Å². The van der Waals surface area contributed by atoms with Gasteiger partial charge in [-0.2, -0.15) is 0 Å². The Morgan fingerprint density at radius 2 is 1.76 bits per heavy atom. The summed E-state index contributed by atoms with van der Waals surface area (Å²) in [5.41, 5.74) is 1.55. The van der Waals surface area contributed by atoms with Crippen molar-refractivity contribution in [3.8, 4) is 11.5 Å². The molecule has 0 unspecified atom stereocenters. The van der Waals surface area contributed by atoms with E-state index in [4.69, 9.17) is 9.47 Å². The number of H-pyrrole nitrogens is 2. The van der Waals surface area contributed by atoms with Crippen molar-refractivity contribution >= 4 is 45.5 Å². The van der Waals surface area contributed by atoms with Crippen molar-refractivity contribution in [3.05, 3.63) is 66.2 Å². The molecule has 0 saturated carbocycles. The summed E-state index contributed by atoms with van der Waals surface area (Å²) in [6.45, 7) is 0.167. The van der Waals surface area contributed by atoms with Crippen LogP contribution in [0.2, 0.25) is 0 Å². The van der Waals surface area contributed by atoms with Crippen LogP contribution in [0.1, 0.15) is 20.8 Å². The molecule has 6 rings (SSSR count). The molecule has 162 valence electrons. The van der Waals surface area contributed by atoms with Gasteiger partial charge in [0.25, 0.3) is 11.8 Å². The highest BCUT2D eigenvalue weighted by molar-refractivity contribution is 6.11. The number of amides is 2. The summed E-state index contributed by atoms with van der Waals surface area (Å²) in [7, 11) is 0. The minimum atomic E-state index is -0.449. The van der Waals surface area contributed by atoms with Crippen molar-refractivity contribution in [3.63, 3.8) is 0 Å². The lowest BCUT2D eigenvalue weighted by molar-refractivity contribution is 0.101. The number of benzene rings is 2. The number of rotatable bonds is 4. The van der Waals surface area contributed by atoms with E-state index in [2.05, 4.69) is 35.6 Å². The van der Waals surface area contributed by atoms with E-state index in [1.165, 1.54) is 6.20 Å². The summed E-state index contributed by atoms with van der Waals surface area (Å²) in [4.78, 5) is 43.9. The van der Waals surface area contributed by atoms with Gasteiger partial charge in [-0.25, -0.2) is 9.97 Å². The molecule has 11 heteroatoms. The summed E-state index contributed by atoms with van der Waals surface area (Å²) < 4.78 is 10.8. The number of para-hydroxylation sites is 1. The summed E-state index contributed by atoms with van der Waals surface area (Å²) in [5, 5.41) is 6.99. The smallest absolute Gasteiger partial charge is 0.276 e. The van der Waals surface area contributed by atoms with Gasteiger partial charge in [-0.3, -0.25) is 25.2 Å². The lowest BCUT2D eigenvalue weighted by Crippen LogP contribution is -2.15. The molecule has 0 saturated heterocycles. The Balaban J connectivity index is 1.27. The number of pyridine rings is 1. The van der Waals surface area contributed by atoms with Crippen LogP contribution in [0.4, 0.5) is 11.9 Å². The Labute approximate surface area is 185 Å². The van der Waals surface area contributed by atoms with Gasteiger partial charge >= 0.3 is 0 Å². The number of nitrogens with one attached hydrogen (secondary N) is 4. The molecule has 2 aromatic carbocycles. The van der Waals surface area contributed by atoms with Gasteiger partial charge in [0.2, 0.25) is 18.7 Å². The van der Waals surface area contributed by atoms with E-state index in [0.29, 0.717) is 34.0 Å². The zero-order valence-electron chi connectivity index (χ0n) is 16.9. The second kappa shape index (κ2) is 7.34. The molecule has 0 bridgehead atoms. The zero-order valence-corrected chi connectivity index (χ0v) is 16.9. The Kier molecular flexibility index (Phi) is 4.18. The highest BCUT2D eigenvalue weighted by atomic mass is 16.7. The van der Waals surface area contributed by atoms with E-state index in [0.717, 1.165) is 10.8 Å². The molecule has 33 heavy (non-hydrogen) atoms. The molecular formula is C22H15N7O4. The first-order valence-electron chi connectivity index (χ1n) is 9.94. The topological polar surface area (TPSA) is 147 Å². The molecule has 5 aromatic rings. The van der Waals surface area contributed by atoms with Crippen LogP contribution >= 0.6 is 0 Å². The van der Waals surface area contributed by atoms with E-state index in [9.17, 15) is 9.59 Å². The number of hydrogen-bond donors (Lipinski definition) is 4. The molecule has 1 aliphatic heterocycles. The zero-order chi connectivity index (χ0) is 22.4. The summed E-state index contributed by atoms with van der Waals surface area (Å²) >= 11 is 0. The van der Waals surface area contributed by atoms with Crippen molar-refractivity contribution < 1.29 is 19.1 Å². The van der Waals surface area contributed by atoms with Gasteiger partial charge < -0.3 is 19.4 Å². The van der Waals surface area contributed by atoms with Crippen molar-refractivity contribution in [2.45, 2.75) is 0 Å². The van der Waals surface area contributed by atoms with Gasteiger partial charge in [0, 0.05) is 24.0 Å². The summed E-state index contributed by atoms with van der Waals surface area (Å²) in [6, 6.07) is 10.4. The first-order chi connectivity index (χ1) is 16.1. The summed E-state index contributed by atoms with van der Waals surface area (Å²) in [5.74, 6) is 0.963. The van der Waals surface area contributed by atoms with Crippen LogP contribution in [0.5, 0.6) is 11.5 Å². The Morgan fingerprint density at radius 3 is 2.58 bits per heavy atom. The Morgan fingerprint density at radius 1 is 0.939 bits per heavy atom. The average Bonchev–Trinajstić information content (AvgIpc) is 3.57. The monoisotopic (exact) mass is 441 g/mol. The third-order valence-electron chi connectivity index (χ3n) is 5.17. The fraction of sp³-hybridized carbons (Fsp3) is 0.0455. The van der Waals surface area contributed by atoms with Crippen LogP contribution in [0, 0.1) is 0 Å². The molecule has 0 radical (unpaired) electrons. The molecule has 4 N–H and O–H groups in total. The minimum Gasteiger partial charge on any atom is -0.454 e. The van der Waals surface area contributed by atoms with E-state index in [1.807, 2.05) is 6.07 Å². The maximum absolute atomic E-state index is 12.8. The highest BCUT2D eigenvalue weighted by Crippen LogP contribution is 2.36. The third-order valence-corrected chi connectivity index (χ3v) is 5.17. The SMILES string of the molecule is O=C(Nc1nc2c(C(=O)Nc3ncc[nH]3)cccc2[nH]1)c1cc2cc3c(cc2cn1)OCO3. The molecule has 11 nitrogen and oxygen atoms in total. The Hall–Kier alpha value is -4.93. The van der Waals surface area contributed by atoms with Crippen LogP contribution in [-0.4, -0.2) is 43.5 Å². The molecular weight excluding hydrogens is 426 g/mol. The molecule has 3 aromatic heterocycles.